The van der Waals surface area contributed by atoms with Crippen LogP contribution in [0.1, 0.15) is 12.8 Å². The van der Waals surface area contributed by atoms with E-state index in [4.69, 9.17) is 5.11 Å². The van der Waals surface area contributed by atoms with Crippen LogP contribution in [-0.2, 0) is 4.79 Å². The number of pyridine rings is 1. The first-order valence-corrected chi connectivity index (χ1v) is 4.23. The minimum Gasteiger partial charge on any atom is -0.506 e. The zero-order valence-electron chi connectivity index (χ0n) is 7.10. The van der Waals surface area contributed by atoms with Gasteiger partial charge >= 0.3 is 0 Å². The summed E-state index contributed by atoms with van der Waals surface area (Å²) in [6, 6.07) is 3.19. The summed E-state index contributed by atoms with van der Waals surface area (Å²) in [6.45, 7) is 0.733. The second-order valence-electron chi connectivity index (χ2n) is 3.02. The molecule has 1 N–H and O–H groups in total. The summed E-state index contributed by atoms with van der Waals surface area (Å²) in [5, 5.41) is 9.00. The van der Waals surface area contributed by atoms with E-state index in [1.807, 2.05) is 0 Å². The van der Waals surface area contributed by atoms with Crippen LogP contribution in [0.3, 0.4) is 0 Å². The highest BCUT2D eigenvalue weighted by Crippen LogP contribution is 2.20. The zero-order valence-corrected chi connectivity index (χ0v) is 7.10. The molecule has 68 valence electrons. The Balaban J connectivity index is 2.25. The fraction of sp³-hybridized carbons (Fsp3) is 0.333. The van der Waals surface area contributed by atoms with Crippen LogP contribution in [-0.4, -0.2) is 22.5 Å². The van der Waals surface area contributed by atoms with Crippen molar-refractivity contribution in [3.8, 4) is 5.75 Å². The van der Waals surface area contributed by atoms with Gasteiger partial charge in [-0.1, -0.05) is 0 Å². The number of carbonyl (C=O) groups is 1. The molecular weight excluding hydrogens is 168 g/mol. The van der Waals surface area contributed by atoms with Crippen LogP contribution in [0.25, 0.3) is 0 Å². The van der Waals surface area contributed by atoms with Crippen molar-refractivity contribution < 1.29 is 9.90 Å². The monoisotopic (exact) mass is 178 g/mol. The highest BCUT2D eigenvalue weighted by Gasteiger charge is 2.22. The van der Waals surface area contributed by atoms with Gasteiger partial charge in [0.05, 0.1) is 6.20 Å². The molecule has 1 aliphatic rings. The van der Waals surface area contributed by atoms with E-state index in [2.05, 4.69) is 4.98 Å². The van der Waals surface area contributed by atoms with E-state index in [0.717, 1.165) is 13.0 Å². The molecule has 2 rings (SSSR count). The van der Waals surface area contributed by atoms with E-state index >= 15 is 0 Å². The summed E-state index contributed by atoms with van der Waals surface area (Å²) >= 11 is 0. The molecule has 1 saturated heterocycles. The van der Waals surface area contributed by atoms with Crippen LogP contribution >= 0.6 is 0 Å². The van der Waals surface area contributed by atoms with Crippen LogP contribution in [0.5, 0.6) is 5.75 Å². The number of hydrogen-bond donors (Lipinski definition) is 1. The lowest BCUT2D eigenvalue weighted by Gasteiger charge is -2.13. The van der Waals surface area contributed by atoms with Gasteiger partial charge in [0, 0.05) is 13.0 Å². The predicted molar refractivity (Wildman–Crippen MR) is 47.5 cm³/mol. The molecule has 4 heteroatoms. The Morgan fingerprint density at radius 2 is 2.31 bits per heavy atom. The first-order valence-electron chi connectivity index (χ1n) is 4.23. The fourth-order valence-corrected chi connectivity index (χ4v) is 1.43. The van der Waals surface area contributed by atoms with Crippen molar-refractivity contribution in [2.24, 2.45) is 0 Å². The highest BCUT2D eigenvalue weighted by molar-refractivity contribution is 5.94. The second-order valence-corrected chi connectivity index (χ2v) is 3.02. The number of hydrogen-bond acceptors (Lipinski definition) is 3. The van der Waals surface area contributed by atoms with E-state index in [0.29, 0.717) is 12.2 Å². The molecule has 1 amide bonds. The average molecular weight is 178 g/mol. The van der Waals surface area contributed by atoms with Gasteiger partial charge in [-0.25, -0.2) is 4.98 Å². The molecule has 1 aromatic rings. The van der Waals surface area contributed by atoms with Gasteiger partial charge in [0.15, 0.2) is 0 Å². The third-order valence-corrected chi connectivity index (χ3v) is 2.08. The lowest BCUT2D eigenvalue weighted by atomic mass is 10.4. The largest absolute Gasteiger partial charge is 0.506 e. The van der Waals surface area contributed by atoms with Crippen molar-refractivity contribution in [3.05, 3.63) is 18.3 Å². The Hall–Kier alpha value is -1.58. The standard InChI is InChI=1S/C9H10N2O2/c12-7-3-4-8(10-6-7)11-5-1-2-9(11)13/h3-4,6,12H,1-2,5H2. The summed E-state index contributed by atoms with van der Waals surface area (Å²) < 4.78 is 0. The first kappa shape index (κ1) is 8.04. The molecule has 1 fully saturated rings. The molecule has 0 spiro atoms. The van der Waals surface area contributed by atoms with Gasteiger partial charge in [0.1, 0.15) is 11.6 Å². The molecule has 13 heavy (non-hydrogen) atoms. The highest BCUT2D eigenvalue weighted by atomic mass is 16.3. The molecular formula is C9H10N2O2. The number of amides is 1. The van der Waals surface area contributed by atoms with Crippen LogP contribution in [0.15, 0.2) is 18.3 Å². The zero-order chi connectivity index (χ0) is 9.26. The molecule has 1 aliphatic heterocycles. The SMILES string of the molecule is O=C1CCCN1c1ccc(O)cn1. The minimum atomic E-state index is 0.109. The Kier molecular flexibility index (Phi) is 1.88. The van der Waals surface area contributed by atoms with Gasteiger partial charge in [-0.2, -0.15) is 0 Å². The van der Waals surface area contributed by atoms with Gasteiger partial charge in [-0.3, -0.25) is 9.69 Å². The quantitative estimate of drug-likeness (QED) is 0.695. The van der Waals surface area contributed by atoms with Gasteiger partial charge in [0.2, 0.25) is 5.91 Å². The van der Waals surface area contributed by atoms with Crippen molar-refractivity contribution >= 4 is 11.7 Å². The summed E-state index contributed by atoms with van der Waals surface area (Å²) in [7, 11) is 0. The van der Waals surface area contributed by atoms with Gasteiger partial charge < -0.3 is 5.11 Å². The van der Waals surface area contributed by atoms with Crippen LogP contribution in [0.2, 0.25) is 0 Å². The van der Waals surface area contributed by atoms with Gasteiger partial charge in [-0.15, -0.1) is 0 Å². The predicted octanol–water partition coefficient (Wildman–Crippen LogP) is 0.914. The van der Waals surface area contributed by atoms with Gasteiger partial charge in [0.25, 0.3) is 0 Å². The summed E-state index contributed by atoms with van der Waals surface area (Å²) in [6.07, 6.45) is 2.84. The fourth-order valence-electron chi connectivity index (χ4n) is 1.43. The molecule has 0 aliphatic carbocycles. The molecule has 4 nitrogen and oxygen atoms in total. The molecule has 2 heterocycles. The van der Waals surface area contributed by atoms with E-state index in [9.17, 15) is 4.79 Å². The Labute approximate surface area is 75.8 Å². The maximum absolute atomic E-state index is 11.3. The number of carbonyl (C=O) groups excluding carboxylic acids is 1. The second kappa shape index (κ2) is 3.05. The molecule has 0 radical (unpaired) electrons. The number of aromatic nitrogens is 1. The van der Waals surface area contributed by atoms with Crippen molar-refractivity contribution in [1.82, 2.24) is 4.98 Å². The molecule has 0 atom stereocenters. The molecule has 0 bridgehead atoms. The van der Waals surface area contributed by atoms with Crippen molar-refractivity contribution in [2.75, 3.05) is 11.4 Å². The minimum absolute atomic E-state index is 0.109. The lowest BCUT2D eigenvalue weighted by molar-refractivity contribution is -0.117. The van der Waals surface area contributed by atoms with Crippen molar-refractivity contribution in [3.63, 3.8) is 0 Å². The molecule has 0 aromatic carbocycles. The lowest BCUT2D eigenvalue weighted by Crippen LogP contribution is -2.24. The number of rotatable bonds is 1. The van der Waals surface area contributed by atoms with Crippen LogP contribution < -0.4 is 4.90 Å². The topological polar surface area (TPSA) is 53.4 Å². The maximum atomic E-state index is 11.3. The number of anilines is 1. The molecule has 0 unspecified atom stereocenters. The third-order valence-electron chi connectivity index (χ3n) is 2.08. The summed E-state index contributed by atoms with van der Waals surface area (Å²) in [5.41, 5.74) is 0. The summed E-state index contributed by atoms with van der Waals surface area (Å²) in [5.74, 6) is 0.855. The summed E-state index contributed by atoms with van der Waals surface area (Å²) in [4.78, 5) is 16.9. The van der Waals surface area contributed by atoms with E-state index in [1.165, 1.54) is 12.3 Å². The molecule has 1 aromatic heterocycles. The van der Waals surface area contributed by atoms with Crippen LogP contribution in [0.4, 0.5) is 5.82 Å². The maximum Gasteiger partial charge on any atom is 0.228 e. The van der Waals surface area contributed by atoms with E-state index in [-0.39, 0.29) is 11.7 Å². The first-order chi connectivity index (χ1) is 6.27. The average Bonchev–Trinajstić information content (AvgIpc) is 2.53. The van der Waals surface area contributed by atoms with Crippen molar-refractivity contribution in [2.45, 2.75) is 12.8 Å². The van der Waals surface area contributed by atoms with E-state index in [1.54, 1.807) is 11.0 Å². The number of nitrogens with zero attached hydrogens (tertiary/aromatic N) is 2. The smallest absolute Gasteiger partial charge is 0.228 e. The third kappa shape index (κ3) is 1.47. The van der Waals surface area contributed by atoms with E-state index < -0.39 is 0 Å². The molecule has 0 saturated carbocycles. The van der Waals surface area contributed by atoms with Crippen LogP contribution in [0, 0.1) is 0 Å². The van der Waals surface area contributed by atoms with Gasteiger partial charge in [-0.05, 0) is 18.6 Å². The Bertz CT molecular complexity index is 321. The Morgan fingerprint density at radius 1 is 1.46 bits per heavy atom. The normalized spacial score (nSPS) is 16.6. The number of aromatic hydroxyl groups is 1. The van der Waals surface area contributed by atoms with Crippen molar-refractivity contribution in [1.29, 1.82) is 0 Å². The Morgan fingerprint density at radius 3 is 2.85 bits per heavy atom.